The first-order chi connectivity index (χ1) is 14.1. The van der Waals surface area contributed by atoms with Gasteiger partial charge in [-0.1, -0.05) is 60.1 Å². The Balaban J connectivity index is 1.35. The lowest BCUT2D eigenvalue weighted by molar-refractivity contribution is -0.117. The molecule has 6 heteroatoms. The van der Waals surface area contributed by atoms with Gasteiger partial charge in [-0.3, -0.25) is 14.5 Å². The van der Waals surface area contributed by atoms with Crippen LogP contribution in [0, 0.1) is 0 Å². The third-order valence-electron chi connectivity index (χ3n) is 5.19. The number of rotatable bonds is 4. The number of amides is 2. The monoisotopic (exact) mass is 407 g/mol. The fourth-order valence-electron chi connectivity index (χ4n) is 3.65. The van der Waals surface area contributed by atoms with Gasteiger partial charge in [0.05, 0.1) is 17.3 Å². The van der Waals surface area contributed by atoms with Crippen LogP contribution in [0.4, 0.5) is 5.69 Å². The van der Waals surface area contributed by atoms with E-state index in [0.29, 0.717) is 36.9 Å². The van der Waals surface area contributed by atoms with Crippen LogP contribution in [0.25, 0.3) is 10.8 Å². The van der Waals surface area contributed by atoms with E-state index in [1.807, 2.05) is 59.5 Å². The summed E-state index contributed by atoms with van der Waals surface area (Å²) in [5.74, 6) is -0.0612. The highest BCUT2D eigenvalue weighted by molar-refractivity contribution is 6.33. The summed E-state index contributed by atoms with van der Waals surface area (Å²) in [6.45, 7) is 2.79. The number of nitrogens with one attached hydrogen (secondary N) is 1. The lowest BCUT2D eigenvalue weighted by atomic mass is 10.0. The molecule has 1 aliphatic rings. The molecular formula is C23H22ClN3O2. The minimum absolute atomic E-state index is 0.0435. The maximum Gasteiger partial charge on any atom is 0.254 e. The van der Waals surface area contributed by atoms with Gasteiger partial charge in [-0.25, -0.2) is 0 Å². The molecule has 0 atom stereocenters. The first-order valence-corrected chi connectivity index (χ1v) is 10.0. The Morgan fingerprint density at radius 1 is 0.862 bits per heavy atom. The quantitative estimate of drug-likeness (QED) is 0.713. The predicted molar refractivity (Wildman–Crippen MR) is 116 cm³/mol. The summed E-state index contributed by atoms with van der Waals surface area (Å²) in [6.07, 6.45) is 0. The number of anilines is 1. The van der Waals surface area contributed by atoms with Crippen molar-refractivity contribution in [3.63, 3.8) is 0 Å². The molecule has 0 saturated carbocycles. The van der Waals surface area contributed by atoms with Crippen molar-refractivity contribution < 1.29 is 9.59 Å². The van der Waals surface area contributed by atoms with Crippen molar-refractivity contribution >= 4 is 39.9 Å². The molecular weight excluding hydrogens is 386 g/mol. The van der Waals surface area contributed by atoms with Gasteiger partial charge in [0, 0.05) is 31.7 Å². The summed E-state index contributed by atoms with van der Waals surface area (Å²) in [5.41, 5.74) is 1.34. The topological polar surface area (TPSA) is 52.7 Å². The van der Waals surface area contributed by atoms with Gasteiger partial charge in [0.2, 0.25) is 5.91 Å². The minimum atomic E-state index is -0.105. The number of carbonyl (C=O) groups is 2. The normalized spacial score (nSPS) is 14.7. The van der Waals surface area contributed by atoms with E-state index in [1.54, 1.807) is 12.1 Å². The van der Waals surface area contributed by atoms with Crippen LogP contribution in [0.3, 0.4) is 0 Å². The third kappa shape index (κ3) is 4.42. The average Bonchev–Trinajstić information content (AvgIpc) is 2.75. The van der Waals surface area contributed by atoms with Crippen LogP contribution in [-0.4, -0.2) is 54.3 Å². The van der Waals surface area contributed by atoms with Crippen molar-refractivity contribution in [3.05, 3.63) is 77.3 Å². The maximum atomic E-state index is 13.0. The standard InChI is InChI=1S/C23H22ClN3O2/c24-20-10-3-4-11-21(20)25-22(28)16-26-12-14-27(15-13-26)23(29)19-9-5-7-17-6-1-2-8-18(17)19/h1-11H,12-16H2,(H,25,28). The average molecular weight is 408 g/mol. The summed E-state index contributed by atoms with van der Waals surface area (Å²) in [6, 6.07) is 20.9. The number of piperazine rings is 1. The molecule has 0 bridgehead atoms. The molecule has 0 unspecified atom stereocenters. The fraction of sp³-hybridized carbons (Fsp3) is 0.217. The molecule has 4 rings (SSSR count). The highest BCUT2D eigenvalue weighted by Crippen LogP contribution is 2.22. The van der Waals surface area contributed by atoms with Crippen molar-refractivity contribution in [2.45, 2.75) is 0 Å². The van der Waals surface area contributed by atoms with Crippen molar-refractivity contribution in [1.82, 2.24) is 9.80 Å². The van der Waals surface area contributed by atoms with Gasteiger partial charge < -0.3 is 10.2 Å². The molecule has 2 amide bonds. The Morgan fingerprint density at radius 2 is 1.55 bits per heavy atom. The van der Waals surface area contributed by atoms with E-state index in [4.69, 9.17) is 11.6 Å². The number of para-hydroxylation sites is 1. The highest BCUT2D eigenvalue weighted by Gasteiger charge is 2.24. The molecule has 1 saturated heterocycles. The van der Waals surface area contributed by atoms with Crippen LogP contribution < -0.4 is 5.32 Å². The van der Waals surface area contributed by atoms with Crippen LogP contribution in [0.1, 0.15) is 10.4 Å². The number of fused-ring (bicyclic) bond motifs is 1. The fourth-order valence-corrected chi connectivity index (χ4v) is 3.83. The Kier molecular flexibility index (Phi) is 5.79. The molecule has 1 heterocycles. The SMILES string of the molecule is O=C(CN1CCN(C(=O)c2cccc3ccccc23)CC1)Nc1ccccc1Cl. The zero-order chi connectivity index (χ0) is 20.2. The van der Waals surface area contributed by atoms with E-state index in [9.17, 15) is 9.59 Å². The van der Waals surface area contributed by atoms with Gasteiger partial charge in [0.1, 0.15) is 0 Å². The summed E-state index contributed by atoms with van der Waals surface area (Å²) < 4.78 is 0. The van der Waals surface area contributed by atoms with Gasteiger partial charge in [0.25, 0.3) is 5.91 Å². The van der Waals surface area contributed by atoms with Crippen LogP contribution in [-0.2, 0) is 4.79 Å². The molecule has 1 fully saturated rings. The van der Waals surface area contributed by atoms with E-state index in [1.165, 1.54) is 0 Å². The number of hydrogen-bond acceptors (Lipinski definition) is 3. The number of hydrogen-bond donors (Lipinski definition) is 1. The molecule has 0 spiro atoms. The van der Waals surface area contributed by atoms with Gasteiger partial charge in [-0.15, -0.1) is 0 Å². The molecule has 3 aromatic rings. The first kappa shape index (κ1) is 19.4. The second-order valence-corrected chi connectivity index (χ2v) is 7.53. The lowest BCUT2D eigenvalue weighted by Crippen LogP contribution is -2.50. The Morgan fingerprint density at radius 3 is 2.34 bits per heavy atom. The molecule has 0 aromatic heterocycles. The molecule has 0 aliphatic carbocycles. The van der Waals surface area contributed by atoms with Gasteiger partial charge in [0.15, 0.2) is 0 Å². The second kappa shape index (κ2) is 8.64. The number of halogens is 1. The molecule has 1 N–H and O–H groups in total. The first-order valence-electron chi connectivity index (χ1n) is 9.65. The van der Waals surface area contributed by atoms with E-state index < -0.39 is 0 Å². The lowest BCUT2D eigenvalue weighted by Gasteiger charge is -2.34. The van der Waals surface area contributed by atoms with Crippen LogP contribution >= 0.6 is 11.6 Å². The summed E-state index contributed by atoms with van der Waals surface area (Å²) in [4.78, 5) is 29.3. The van der Waals surface area contributed by atoms with Gasteiger partial charge in [-0.05, 0) is 29.0 Å². The van der Waals surface area contributed by atoms with Crippen molar-refractivity contribution in [3.8, 4) is 0 Å². The maximum absolute atomic E-state index is 13.0. The smallest absolute Gasteiger partial charge is 0.254 e. The van der Waals surface area contributed by atoms with Gasteiger partial charge >= 0.3 is 0 Å². The summed E-state index contributed by atoms with van der Waals surface area (Å²) in [7, 11) is 0. The van der Waals surface area contributed by atoms with Crippen LogP contribution in [0.15, 0.2) is 66.7 Å². The van der Waals surface area contributed by atoms with Crippen LogP contribution in [0.5, 0.6) is 0 Å². The van der Waals surface area contributed by atoms with Crippen molar-refractivity contribution in [2.75, 3.05) is 38.0 Å². The molecule has 0 radical (unpaired) electrons. The zero-order valence-electron chi connectivity index (χ0n) is 16.0. The number of carbonyl (C=O) groups excluding carboxylic acids is 2. The van der Waals surface area contributed by atoms with Gasteiger partial charge in [-0.2, -0.15) is 0 Å². The molecule has 5 nitrogen and oxygen atoms in total. The van der Waals surface area contributed by atoms with E-state index >= 15 is 0 Å². The predicted octanol–water partition coefficient (Wildman–Crippen LogP) is 3.89. The minimum Gasteiger partial charge on any atom is -0.336 e. The van der Waals surface area contributed by atoms with E-state index in [-0.39, 0.29) is 18.4 Å². The Labute approximate surface area is 174 Å². The number of nitrogens with zero attached hydrogens (tertiary/aromatic N) is 2. The van der Waals surface area contributed by atoms with E-state index in [2.05, 4.69) is 10.2 Å². The van der Waals surface area contributed by atoms with Crippen molar-refractivity contribution in [1.29, 1.82) is 0 Å². The second-order valence-electron chi connectivity index (χ2n) is 7.12. The zero-order valence-corrected chi connectivity index (χ0v) is 16.7. The summed E-state index contributed by atoms with van der Waals surface area (Å²) >= 11 is 6.09. The molecule has 148 valence electrons. The Bertz CT molecular complexity index is 1040. The molecule has 1 aliphatic heterocycles. The third-order valence-corrected chi connectivity index (χ3v) is 5.52. The van der Waals surface area contributed by atoms with Crippen LogP contribution in [0.2, 0.25) is 5.02 Å². The highest BCUT2D eigenvalue weighted by atomic mass is 35.5. The largest absolute Gasteiger partial charge is 0.336 e. The van der Waals surface area contributed by atoms with Crippen molar-refractivity contribution in [2.24, 2.45) is 0 Å². The molecule has 3 aromatic carbocycles. The number of benzene rings is 3. The Hall–Kier alpha value is -2.89. The van der Waals surface area contributed by atoms with E-state index in [0.717, 1.165) is 16.3 Å². The summed E-state index contributed by atoms with van der Waals surface area (Å²) in [5, 5.41) is 5.40. The molecule has 29 heavy (non-hydrogen) atoms.